The maximum atomic E-state index is 12.7. The van der Waals surface area contributed by atoms with Crippen molar-refractivity contribution in [2.24, 2.45) is 0 Å². The average Bonchev–Trinajstić information content (AvgIpc) is 2.87. The molecule has 0 bridgehead atoms. The van der Waals surface area contributed by atoms with Crippen molar-refractivity contribution in [3.8, 4) is 5.75 Å². The minimum absolute atomic E-state index is 0.109. The summed E-state index contributed by atoms with van der Waals surface area (Å²) in [6.45, 7) is 7.10. The summed E-state index contributed by atoms with van der Waals surface area (Å²) in [6, 6.07) is 23.3. The molecule has 6 heteroatoms. The number of ether oxygens (including phenoxy) is 1. The van der Waals surface area contributed by atoms with Crippen LogP contribution in [0.25, 0.3) is 10.8 Å². The van der Waals surface area contributed by atoms with Crippen LogP contribution < -0.4 is 10.1 Å². The van der Waals surface area contributed by atoms with Gasteiger partial charge in [0.1, 0.15) is 11.4 Å². The van der Waals surface area contributed by atoms with Crippen LogP contribution in [-0.2, 0) is 16.6 Å². The van der Waals surface area contributed by atoms with E-state index in [9.17, 15) is 14.7 Å². The van der Waals surface area contributed by atoms with Crippen LogP contribution in [0.4, 0.5) is 0 Å². The second kappa shape index (κ2) is 10.6. The van der Waals surface area contributed by atoms with E-state index in [1.807, 2.05) is 30.3 Å². The van der Waals surface area contributed by atoms with Crippen molar-refractivity contribution >= 4 is 22.6 Å². The van der Waals surface area contributed by atoms with Crippen molar-refractivity contribution < 1.29 is 19.4 Å². The molecule has 6 nitrogen and oxygen atoms in total. The Bertz CT molecular complexity index is 1360. The maximum absolute atomic E-state index is 12.7. The van der Waals surface area contributed by atoms with Gasteiger partial charge in [0, 0.05) is 18.0 Å². The first kappa shape index (κ1) is 24.9. The average molecular weight is 483 g/mol. The summed E-state index contributed by atoms with van der Waals surface area (Å²) in [5, 5.41) is 13.9. The molecule has 0 aliphatic heterocycles. The molecule has 36 heavy (non-hydrogen) atoms. The zero-order valence-corrected chi connectivity index (χ0v) is 20.7. The van der Waals surface area contributed by atoms with Gasteiger partial charge in [-0.2, -0.15) is 0 Å². The summed E-state index contributed by atoms with van der Waals surface area (Å²) in [6.07, 6.45) is 2.37. The fourth-order valence-corrected chi connectivity index (χ4v) is 3.95. The smallest absolute Gasteiger partial charge is 0.330 e. The molecule has 0 saturated heterocycles. The van der Waals surface area contributed by atoms with Crippen LogP contribution >= 0.6 is 0 Å². The summed E-state index contributed by atoms with van der Waals surface area (Å²) >= 11 is 0. The summed E-state index contributed by atoms with van der Waals surface area (Å²) in [4.78, 5) is 28.7. The van der Waals surface area contributed by atoms with E-state index >= 15 is 0 Å². The first-order chi connectivity index (χ1) is 17.2. The Hall–Kier alpha value is -4.19. The highest BCUT2D eigenvalue weighted by atomic mass is 16.5. The first-order valence-electron chi connectivity index (χ1n) is 11.9. The van der Waals surface area contributed by atoms with Gasteiger partial charge in [0.25, 0.3) is 5.91 Å². The van der Waals surface area contributed by atoms with Crippen molar-refractivity contribution in [2.75, 3.05) is 6.61 Å². The van der Waals surface area contributed by atoms with E-state index in [1.54, 1.807) is 42.6 Å². The number of benzene rings is 3. The molecule has 4 aromatic rings. The lowest BCUT2D eigenvalue weighted by Crippen LogP contribution is -2.34. The van der Waals surface area contributed by atoms with Crippen LogP contribution in [0.1, 0.15) is 54.0 Å². The predicted molar refractivity (Wildman–Crippen MR) is 140 cm³/mol. The van der Waals surface area contributed by atoms with Gasteiger partial charge in [0.2, 0.25) is 0 Å². The molecule has 1 amide bonds. The van der Waals surface area contributed by atoms with Crippen LogP contribution in [0.5, 0.6) is 5.75 Å². The molecule has 1 heterocycles. The number of carbonyl (C=O) groups excluding carboxylic acids is 1. The highest BCUT2D eigenvalue weighted by Gasteiger charge is 2.23. The molecule has 184 valence electrons. The number of carbonyl (C=O) groups is 2. The number of aliphatic carboxylic acids is 1. The number of hydrogen-bond donors (Lipinski definition) is 2. The van der Waals surface area contributed by atoms with Gasteiger partial charge in [-0.1, -0.05) is 75.4 Å². The molecule has 1 aromatic heterocycles. The van der Waals surface area contributed by atoms with Crippen LogP contribution in [0.3, 0.4) is 0 Å². The monoisotopic (exact) mass is 482 g/mol. The van der Waals surface area contributed by atoms with Gasteiger partial charge >= 0.3 is 5.97 Å². The number of aromatic nitrogens is 1. The van der Waals surface area contributed by atoms with E-state index in [4.69, 9.17) is 4.74 Å². The van der Waals surface area contributed by atoms with Crippen molar-refractivity contribution in [1.29, 1.82) is 0 Å². The number of hydrogen-bond acceptors (Lipinski definition) is 4. The summed E-state index contributed by atoms with van der Waals surface area (Å²) < 4.78 is 5.92. The third kappa shape index (κ3) is 6.08. The lowest BCUT2D eigenvalue weighted by molar-refractivity contribution is -0.139. The molecule has 0 unspecified atom stereocenters. The van der Waals surface area contributed by atoms with Crippen molar-refractivity contribution in [1.82, 2.24) is 10.3 Å². The summed E-state index contributed by atoms with van der Waals surface area (Å²) in [7, 11) is 0. The number of nitrogens with zero attached hydrogens (tertiary/aromatic N) is 1. The number of nitrogens with one attached hydrogen (secondary N) is 1. The highest BCUT2D eigenvalue weighted by molar-refractivity contribution is 5.98. The number of fused-ring (bicyclic) bond motifs is 1. The molecule has 0 saturated carbocycles. The van der Waals surface area contributed by atoms with Gasteiger partial charge < -0.3 is 15.2 Å². The van der Waals surface area contributed by atoms with Crippen molar-refractivity contribution in [3.05, 3.63) is 107 Å². The minimum atomic E-state index is -1.15. The quantitative estimate of drug-likeness (QED) is 0.336. The number of rotatable bonds is 8. The maximum Gasteiger partial charge on any atom is 0.330 e. The Morgan fingerprint density at radius 3 is 2.33 bits per heavy atom. The number of carboxylic acid groups (broad SMARTS) is 1. The molecule has 2 N–H and O–H groups in total. The van der Waals surface area contributed by atoms with Gasteiger partial charge in [-0.15, -0.1) is 0 Å². The first-order valence-corrected chi connectivity index (χ1v) is 11.9. The Labute approximate surface area is 211 Å². The molecule has 0 aliphatic carbocycles. The van der Waals surface area contributed by atoms with Crippen LogP contribution in [0.15, 0.2) is 85.1 Å². The molecule has 0 spiro atoms. The van der Waals surface area contributed by atoms with Gasteiger partial charge in [-0.3, -0.25) is 9.78 Å². The van der Waals surface area contributed by atoms with Crippen LogP contribution in [-0.4, -0.2) is 28.6 Å². The van der Waals surface area contributed by atoms with Gasteiger partial charge in [0.15, 0.2) is 6.04 Å². The molecular formula is C30H30N2O4. The Kier molecular flexibility index (Phi) is 7.34. The normalized spacial score (nSPS) is 12.2. The van der Waals surface area contributed by atoms with Crippen LogP contribution in [0, 0.1) is 0 Å². The molecule has 0 aliphatic rings. The van der Waals surface area contributed by atoms with E-state index in [0.29, 0.717) is 12.2 Å². The third-order valence-electron chi connectivity index (χ3n) is 6.05. The zero-order chi connectivity index (χ0) is 25.7. The predicted octanol–water partition coefficient (Wildman–Crippen LogP) is 5.71. The largest absolute Gasteiger partial charge is 0.493 e. The van der Waals surface area contributed by atoms with E-state index in [2.05, 4.69) is 43.2 Å². The van der Waals surface area contributed by atoms with Gasteiger partial charge in [-0.25, -0.2) is 4.79 Å². The fraction of sp³-hybridized carbons (Fsp3) is 0.233. The lowest BCUT2D eigenvalue weighted by Gasteiger charge is -2.19. The minimum Gasteiger partial charge on any atom is -0.493 e. The molecule has 3 aromatic carbocycles. The Balaban J connectivity index is 1.39. The van der Waals surface area contributed by atoms with Crippen molar-refractivity contribution in [3.63, 3.8) is 0 Å². The van der Waals surface area contributed by atoms with Gasteiger partial charge in [-0.05, 0) is 51.8 Å². The standard InChI is InChI=1S/C30H30N2O4/c1-30(2,3)24-11-13-25(14-12-24)36-16-15-20-9-10-22-18-26(31-19-23(22)17-20)28(33)32-27(29(34)35)21-7-5-4-6-8-21/h4-14,17-19,27H,15-16H2,1-3H3,(H,32,33)(H,34,35)/t27-/m0/s1. The fourth-order valence-electron chi connectivity index (χ4n) is 3.95. The Morgan fingerprint density at radius 2 is 1.67 bits per heavy atom. The van der Waals surface area contributed by atoms with Crippen molar-refractivity contribution in [2.45, 2.75) is 38.6 Å². The molecular weight excluding hydrogens is 452 g/mol. The molecule has 1 atom stereocenters. The van der Waals surface area contributed by atoms with E-state index < -0.39 is 17.9 Å². The van der Waals surface area contributed by atoms with Crippen LogP contribution in [0.2, 0.25) is 0 Å². The number of amides is 1. The topological polar surface area (TPSA) is 88.5 Å². The third-order valence-corrected chi connectivity index (χ3v) is 6.05. The van der Waals surface area contributed by atoms with E-state index in [0.717, 1.165) is 28.5 Å². The second-order valence-corrected chi connectivity index (χ2v) is 9.78. The van der Waals surface area contributed by atoms with Gasteiger partial charge in [0.05, 0.1) is 6.61 Å². The molecule has 4 rings (SSSR count). The molecule has 0 fully saturated rings. The number of pyridine rings is 1. The Morgan fingerprint density at radius 1 is 0.944 bits per heavy atom. The zero-order valence-electron chi connectivity index (χ0n) is 20.7. The van der Waals surface area contributed by atoms with E-state index in [1.165, 1.54) is 5.56 Å². The number of carboxylic acids is 1. The second-order valence-electron chi connectivity index (χ2n) is 9.78. The lowest BCUT2D eigenvalue weighted by atomic mass is 9.87. The SMILES string of the molecule is CC(C)(C)c1ccc(OCCc2ccc3cc(C(=O)N[C@H](C(=O)O)c4ccccc4)ncc3c2)cc1. The highest BCUT2D eigenvalue weighted by Crippen LogP contribution is 2.24. The van der Waals surface area contributed by atoms with E-state index in [-0.39, 0.29) is 11.1 Å². The summed E-state index contributed by atoms with van der Waals surface area (Å²) in [5.74, 6) is -0.827. The summed E-state index contributed by atoms with van der Waals surface area (Å²) in [5.41, 5.74) is 3.14. The molecule has 0 radical (unpaired) electrons.